The lowest BCUT2D eigenvalue weighted by Gasteiger charge is -2.08. The van der Waals surface area contributed by atoms with E-state index in [1.165, 1.54) is 16.7 Å². The third kappa shape index (κ3) is 5.21. The second-order valence-corrected chi connectivity index (χ2v) is 7.86. The SMILES string of the molecule is C=CCn1c(=S)[nH]c2cc(C(=O)NCCCSc3ccc(F)cc3)ccc2c1=O. The van der Waals surface area contributed by atoms with Gasteiger partial charge in [-0.05, 0) is 66.9 Å². The van der Waals surface area contributed by atoms with Crippen molar-refractivity contribution < 1.29 is 9.18 Å². The number of aromatic amines is 1. The fourth-order valence-electron chi connectivity index (χ4n) is 2.79. The molecule has 0 bridgehead atoms. The van der Waals surface area contributed by atoms with E-state index in [0.717, 1.165) is 17.1 Å². The van der Waals surface area contributed by atoms with E-state index >= 15 is 0 Å². The van der Waals surface area contributed by atoms with Gasteiger partial charge in [-0.2, -0.15) is 0 Å². The van der Waals surface area contributed by atoms with E-state index in [1.54, 1.807) is 48.2 Å². The Morgan fingerprint density at radius 3 is 2.76 bits per heavy atom. The number of fused-ring (bicyclic) bond motifs is 1. The van der Waals surface area contributed by atoms with E-state index in [0.29, 0.717) is 29.6 Å². The number of carbonyl (C=O) groups is 1. The van der Waals surface area contributed by atoms with Crippen molar-refractivity contribution in [3.05, 3.63) is 81.6 Å². The summed E-state index contributed by atoms with van der Waals surface area (Å²) in [5.41, 5.74) is 0.767. The lowest BCUT2D eigenvalue weighted by Crippen LogP contribution is -2.25. The molecule has 0 saturated heterocycles. The molecule has 1 heterocycles. The third-order valence-corrected chi connectivity index (χ3v) is 5.67. The summed E-state index contributed by atoms with van der Waals surface area (Å²) in [5, 5.41) is 3.34. The van der Waals surface area contributed by atoms with Gasteiger partial charge < -0.3 is 10.3 Å². The van der Waals surface area contributed by atoms with Crippen molar-refractivity contribution in [3.8, 4) is 0 Å². The predicted molar refractivity (Wildman–Crippen MR) is 118 cm³/mol. The Labute approximate surface area is 176 Å². The first kappa shape index (κ1) is 21.0. The van der Waals surface area contributed by atoms with Crippen LogP contribution in [-0.2, 0) is 6.54 Å². The second-order valence-electron chi connectivity index (χ2n) is 6.31. The van der Waals surface area contributed by atoms with Crippen molar-refractivity contribution >= 4 is 40.8 Å². The molecule has 0 aliphatic rings. The number of hydrogen-bond donors (Lipinski definition) is 2. The average Bonchev–Trinajstić information content (AvgIpc) is 2.71. The molecule has 0 spiro atoms. The van der Waals surface area contributed by atoms with Gasteiger partial charge in [0, 0.05) is 23.5 Å². The van der Waals surface area contributed by atoms with Gasteiger partial charge >= 0.3 is 0 Å². The van der Waals surface area contributed by atoms with Gasteiger partial charge in [-0.1, -0.05) is 6.08 Å². The highest BCUT2D eigenvalue weighted by Crippen LogP contribution is 2.18. The van der Waals surface area contributed by atoms with Gasteiger partial charge in [-0.3, -0.25) is 14.2 Å². The summed E-state index contributed by atoms with van der Waals surface area (Å²) in [7, 11) is 0. The Kier molecular flexibility index (Phi) is 7.00. The molecule has 5 nitrogen and oxygen atoms in total. The Morgan fingerprint density at radius 2 is 2.03 bits per heavy atom. The largest absolute Gasteiger partial charge is 0.352 e. The van der Waals surface area contributed by atoms with Crippen LogP contribution in [0.5, 0.6) is 0 Å². The number of benzene rings is 2. The fraction of sp³-hybridized carbons (Fsp3) is 0.190. The highest BCUT2D eigenvalue weighted by molar-refractivity contribution is 7.99. The summed E-state index contributed by atoms with van der Waals surface area (Å²) >= 11 is 6.83. The average molecular weight is 430 g/mol. The standard InChI is InChI=1S/C21H20FN3O2S2/c1-2-11-25-20(27)17-9-4-14(13-18(17)24-21(25)28)19(26)23-10-3-12-29-16-7-5-15(22)6-8-16/h2,4-9,13H,1,3,10-12H2,(H,23,26)(H,24,28). The summed E-state index contributed by atoms with van der Waals surface area (Å²) in [4.78, 5) is 28.9. The van der Waals surface area contributed by atoms with Gasteiger partial charge in [0.15, 0.2) is 4.77 Å². The van der Waals surface area contributed by atoms with Crippen LogP contribution in [0, 0.1) is 10.6 Å². The van der Waals surface area contributed by atoms with E-state index in [-0.39, 0.29) is 22.1 Å². The number of amides is 1. The van der Waals surface area contributed by atoms with Crippen LogP contribution in [0.15, 0.2) is 64.8 Å². The summed E-state index contributed by atoms with van der Waals surface area (Å²) in [6.45, 7) is 4.47. The normalized spacial score (nSPS) is 10.8. The molecule has 3 rings (SSSR count). The number of nitrogens with one attached hydrogen (secondary N) is 2. The van der Waals surface area contributed by atoms with Crippen molar-refractivity contribution in [1.29, 1.82) is 0 Å². The van der Waals surface area contributed by atoms with Crippen molar-refractivity contribution in [2.24, 2.45) is 0 Å². The monoisotopic (exact) mass is 429 g/mol. The Morgan fingerprint density at radius 1 is 1.28 bits per heavy atom. The van der Waals surface area contributed by atoms with Crippen LogP contribution < -0.4 is 10.9 Å². The number of aromatic nitrogens is 2. The lowest BCUT2D eigenvalue weighted by atomic mass is 10.1. The van der Waals surface area contributed by atoms with Gasteiger partial charge in [-0.15, -0.1) is 18.3 Å². The van der Waals surface area contributed by atoms with Crippen molar-refractivity contribution in [2.45, 2.75) is 17.9 Å². The van der Waals surface area contributed by atoms with Crippen LogP contribution in [-0.4, -0.2) is 27.8 Å². The third-order valence-electron chi connectivity index (χ3n) is 4.24. The van der Waals surface area contributed by atoms with E-state index in [4.69, 9.17) is 12.2 Å². The molecule has 0 fully saturated rings. The number of halogens is 1. The van der Waals surface area contributed by atoms with Gasteiger partial charge in [0.25, 0.3) is 11.5 Å². The molecular weight excluding hydrogens is 409 g/mol. The zero-order valence-electron chi connectivity index (χ0n) is 15.6. The zero-order chi connectivity index (χ0) is 20.8. The Bertz CT molecular complexity index is 1150. The Hall–Kier alpha value is -2.71. The first-order chi connectivity index (χ1) is 14.0. The van der Waals surface area contributed by atoms with E-state index in [1.807, 2.05) is 0 Å². The molecule has 2 aromatic carbocycles. The van der Waals surface area contributed by atoms with Crippen molar-refractivity contribution in [2.75, 3.05) is 12.3 Å². The molecule has 1 aromatic heterocycles. The molecule has 150 valence electrons. The number of allylic oxidation sites excluding steroid dienone is 1. The molecule has 2 N–H and O–H groups in total. The van der Waals surface area contributed by atoms with Gasteiger partial charge in [0.1, 0.15) is 5.82 Å². The summed E-state index contributed by atoms with van der Waals surface area (Å²) in [5.74, 6) is 0.338. The highest BCUT2D eigenvalue weighted by atomic mass is 32.2. The number of nitrogens with zero attached hydrogens (tertiary/aromatic N) is 1. The summed E-state index contributed by atoms with van der Waals surface area (Å²) < 4.78 is 14.6. The van der Waals surface area contributed by atoms with E-state index in [2.05, 4.69) is 16.9 Å². The van der Waals surface area contributed by atoms with Crippen molar-refractivity contribution in [1.82, 2.24) is 14.9 Å². The number of carbonyl (C=O) groups excluding carboxylic acids is 1. The summed E-state index contributed by atoms with van der Waals surface area (Å²) in [6, 6.07) is 11.2. The summed E-state index contributed by atoms with van der Waals surface area (Å²) in [6.07, 6.45) is 2.38. The van der Waals surface area contributed by atoms with Crippen LogP contribution >= 0.6 is 24.0 Å². The molecule has 8 heteroatoms. The second kappa shape index (κ2) is 9.67. The molecule has 0 aliphatic heterocycles. The molecule has 1 amide bonds. The van der Waals surface area contributed by atoms with Gasteiger partial charge in [0.2, 0.25) is 0 Å². The minimum absolute atomic E-state index is 0.214. The van der Waals surface area contributed by atoms with E-state index < -0.39 is 0 Å². The number of rotatable bonds is 8. The number of hydrogen-bond acceptors (Lipinski definition) is 4. The molecular formula is C21H20FN3O2S2. The van der Waals surface area contributed by atoms with Crippen LogP contribution in [0.25, 0.3) is 10.9 Å². The Balaban J connectivity index is 1.59. The predicted octanol–water partition coefficient (Wildman–Crippen LogP) is 4.30. The molecule has 0 radical (unpaired) electrons. The van der Waals surface area contributed by atoms with Crippen molar-refractivity contribution in [3.63, 3.8) is 0 Å². The molecule has 29 heavy (non-hydrogen) atoms. The maximum Gasteiger partial charge on any atom is 0.262 e. The van der Waals surface area contributed by atoms with Crippen LogP contribution in [0.1, 0.15) is 16.8 Å². The highest BCUT2D eigenvalue weighted by Gasteiger charge is 2.10. The topological polar surface area (TPSA) is 66.9 Å². The number of H-pyrrole nitrogens is 1. The molecule has 0 aliphatic carbocycles. The van der Waals surface area contributed by atoms with E-state index in [9.17, 15) is 14.0 Å². The zero-order valence-corrected chi connectivity index (χ0v) is 17.2. The molecule has 3 aromatic rings. The van der Waals surface area contributed by atoms with Gasteiger partial charge in [-0.25, -0.2) is 4.39 Å². The lowest BCUT2D eigenvalue weighted by molar-refractivity contribution is 0.0954. The first-order valence-corrected chi connectivity index (χ1v) is 10.4. The van der Waals surface area contributed by atoms with Gasteiger partial charge in [0.05, 0.1) is 10.9 Å². The van der Waals surface area contributed by atoms with Crippen LogP contribution in [0.4, 0.5) is 4.39 Å². The number of thioether (sulfide) groups is 1. The minimum Gasteiger partial charge on any atom is -0.352 e. The fourth-order valence-corrected chi connectivity index (χ4v) is 3.91. The molecule has 0 saturated carbocycles. The molecule has 0 unspecified atom stereocenters. The maximum atomic E-state index is 12.9. The quantitative estimate of drug-likeness (QED) is 0.243. The van der Waals surface area contributed by atoms with Crippen LogP contribution in [0.3, 0.4) is 0 Å². The first-order valence-electron chi connectivity index (χ1n) is 9.04. The molecule has 0 atom stereocenters. The minimum atomic E-state index is -0.253. The maximum absolute atomic E-state index is 12.9. The smallest absolute Gasteiger partial charge is 0.262 e. The van der Waals surface area contributed by atoms with Crippen LogP contribution in [0.2, 0.25) is 0 Å².